The van der Waals surface area contributed by atoms with Gasteiger partial charge < -0.3 is 0 Å². The van der Waals surface area contributed by atoms with E-state index < -0.39 is 11.6 Å². The topological polar surface area (TPSA) is 12.9 Å². The number of rotatable bonds is 1. The van der Waals surface area contributed by atoms with Gasteiger partial charge in [0.25, 0.3) is 0 Å². The molecule has 0 N–H and O–H groups in total. The maximum absolute atomic E-state index is 13.8. The fourth-order valence-corrected chi connectivity index (χ4v) is 2.02. The predicted octanol–water partition coefficient (Wildman–Crippen LogP) is 4.18. The van der Waals surface area contributed by atoms with E-state index in [-0.39, 0.29) is 5.56 Å². The van der Waals surface area contributed by atoms with Crippen LogP contribution in [0, 0.1) is 11.6 Å². The van der Waals surface area contributed by atoms with Crippen molar-refractivity contribution in [2.75, 3.05) is 0 Å². The van der Waals surface area contributed by atoms with Gasteiger partial charge in [0.1, 0.15) is 0 Å². The minimum atomic E-state index is -0.860. The molecule has 0 fully saturated rings. The predicted molar refractivity (Wildman–Crippen MR) is 67.1 cm³/mol. The van der Waals surface area contributed by atoms with Crippen molar-refractivity contribution >= 4 is 10.8 Å². The van der Waals surface area contributed by atoms with Gasteiger partial charge in [-0.2, -0.15) is 0 Å². The first-order chi connectivity index (χ1) is 8.77. The number of pyridine rings is 1. The molecule has 0 spiro atoms. The van der Waals surface area contributed by atoms with Crippen molar-refractivity contribution < 1.29 is 8.78 Å². The number of aromatic nitrogens is 1. The molecule has 1 nitrogen and oxygen atoms in total. The molecule has 1 heterocycles. The van der Waals surface area contributed by atoms with E-state index in [0.29, 0.717) is 5.69 Å². The zero-order valence-electron chi connectivity index (χ0n) is 9.40. The second kappa shape index (κ2) is 4.18. The lowest BCUT2D eigenvalue weighted by atomic mass is 10.0. The molecule has 0 saturated heterocycles. The highest BCUT2D eigenvalue weighted by atomic mass is 19.2. The monoisotopic (exact) mass is 241 g/mol. The first kappa shape index (κ1) is 10.8. The quantitative estimate of drug-likeness (QED) is 0.622. The summed E-state index contributed by atoms with van der Waals surface area (Å²) in [5.74, 6) is -1.72. The zero-order valence-corrected chi connectivity index (χ0v) is 9.40. The highest BCUT2D eigenvalue weighted by Crippen LogP contribution is 2.28. The average molecular weight is 241 g/mol. The molecule has 0 bridgehead atoms. The van der Waals surface area contributed by atoms with Crippen molar-refractivity contribution in [2.45, 2.75) is 0 Å². The Labute approximate surface area is 103 Å². The minimum Gasteiger partial charge on any atom is -0.255 e. The fraction of sp³-hybridized carbons (Fsp3) is 0. The molecular formula is C15H9F2N. The minimum absolute atomic E-state index is 0.187. The number of hydrogen-bond donors (Lipinski definition) is 0. The Bertz CT molecular complexity index is 717. The van der Waals surface area contributed by atoms with Gasteiger partial charge in [0.2, 0.25) is 0 Å². The van der Waals surface area contributed by atoms with E-state index >= 15 is 0 Å². The number of hydrogen-bond acceptors (Lipinski definition) is 1. The molecule has 18 heavy (non-hydrogen) atoms. The molecule has 0 radical (unpaired) electrons. The Morgan fingerprint density at radius 2 is 1.67 bits per heavy atom. The molecule has 3 rings (SSSR count). The Morgan fingerprint density at radius 3 is 2.56 bits per heavy atom. The summed E-state index contributed by atoms with van der Waals surface area (Å²) in [4.78, 5) is 4.17. The van der Waals surface area contributed by atoms with Crippen LogP contribution >= 0.6 is 0 Å². The number of halogens is 2. The molecule has 0 unspecified atom stereocenters. The second-order valence-corrected chi connectivity index (χ2v) is 3.98. The molecule has 3 heteroatoms. The number of fused-ring (bicyclic) bond motifs is 1. The molecule has 0 aliphatic carbocycles. The summed E-state index contributed by atoms with van der Waals surface area (Å²) in [6, 6.07) is 13.5. The van der Waals surface area contributed by atoms with Crippen LogP contribution in [0.5, 0.6) is 0 Å². The van der Waals surface area contributed by atoms with Crippen LogP contribution in [0.25, 0.3) is 22.0 Å². The highest BCUT2D eigenvalue weighted by molar-refractivity contribution is 5.94. The van der Waals surface area contributed by atoms with Gasteiger partial charge in [0, 0.05) is 17.1 Å². The normalized spacial score (nSPS) is 10.8. The van der Waals surface area contributed by atoms with Crippen LogP contribution in [0.3, 0.4) is 0 Å². The lowest BCUT2D eigenvalue weighted by Gasteiger charge is -2.07. The standard InChI is InChI=1S/C15H9F2N/c16-13-7-3-6-12(14(13)17)15-11-5-2-1-4-10(11)8-9-18-15/h1-9H. The number of benzene rings is 2. The van der Waals surface area contributed by atoms with E-state index in [2.05, 4.69) is 4.98 Å². The maximum Gasteiger partial charge on any atom is 0.168 e. The first-order valence-corrected chi connectivity index (χ1v) is 5.55. The molecule has 1 aromatic heterocycles. The van der Waals surface area contributed by atoms with Gasteiger partial charge >= 0.3 is 0 Å². The molecule has 0 saturated carbocycles. The van der Waals surface area contributed by atoms with Crippen molar-refractivity contribution in [3.05, 3.63) is 66.4 Å². The van der Waals surface area contributed by atoms with Crippen LogP contribution in [0.2, 0.25) is 0 Å². The van der Waals surface area contributed by atoms with Gasteiger partial charge in [-0.25, -0.2) is 8.78 Å². The van der Waals surface area contributed by atoms with E-state index in [1.165, 1.54) is 12.1 Å². The Hall–Kier alpha value is -2.29. The van der Waals surface area contributed by atoms with Gasteiger partial charge in [0.05, 0.1) is 5.69 Å². The van der Waals surface area contributed by atoms with E-state index in [0.717, 1.165) is 16.8 Å². The van der Waals surface area contributed by atoms with Gasteiger partial charge in [0.15, 0.2) is 11.6 Å². The molecule has 0 aliphatic rings. The fourth-order valence-electron chi connectivity index (χ4n) is 2.02. The second-order valence-electron chi connectivity index (χ2n) is 3.98. The summed E-state index contributed by atoms with van der Waals surface area (Å²) >= 11 is 0. The summed E-state index contributed by atoms with van der Waals surface area (Å²) in [6.45, 7) is 0. The zero-order chi connectivity index (χ0) is 12.5. The highest BCUT2D eigenvalue weighted by Gasteiger charge is 2.12. The van der Waals surface area contributed by atoms with Crippen LogP contribution in [-0.2, 0) is 0 Å². The van der Waals surface area contributed by atoms with E-state index in [4.69, 9.17) is 0 Å². The number of nitrogens with zero attached hydrogens (tertiary/aromatic N) is 1. The lowest BCUT2D eigenvalue weighted by molar-refractivity contribution is 0.511. The van der Waals surface area contributed by atoms with Gasteiger partial charge in [-0.05, 0) is 23.6 Å². The van der Waals surface area contributed by atoms with Crippen molar-refractivity contribution in [2.24, 2.45) is 0 Å². The summed E-state index contributed by atoms with van der Waals surface area (Å²) in [6.07, 6.45) is 1.60. The van der Waals surface area contributed by atoms with Crippen LogP contribution in [0.4, 0.5) is 8.78 Å². The summed E-state index contributed by atoms with van der Waals surface area (Å²) in [5, 5.41) is 1.76. The molecule has 0 atom stereocenters. The molecule has 0 aliphatic heterocycles. The van der Waals surface area contributed by atoms with Gasteiger partial charge in [-0.1, -0.05) is 30.3 Å². The van der Waals surface area contributed by atoms with Crippen LogP contribution < -0.4 is 0 Å². The van der Waals surface area contributed by atoms with Crippen molar-refractivity contribution in [1.29, 1.82) is 0 Å². The Balaban J connectivity index is 2.35. The van der Waals surface area contributed by atoms with E-state index in [1.54, 1.807) is 6.20 Å². The van der Waals surface area contributed by atoms with Gasteiger partial charge in [-0.15, -0.1) is 0 Å². The van der Waals surface area contributed by atoms with Crippen LogP contribution in [0.1, 0.15) is 0 Å². The average Bonchev–Trinajstić information content (AvgIpc) is 2.41. The molecule has 88 valence electrons. The van der Waals surface area contributed by atoms with Gasteiger partial charge in [-0.3, -0.25) is 4.98 Å². The first-order valence-electron chi connectivity index (χ1n) is 5.55. The molecular weight excluding hydrogens is 232 g/mol. The Kier molecular flexibility index (Phi) is 2.52. The van der Waals surface area contributed by atoms with Crippen LogP contribution in [-0.4, -0.2) is 4.98 Å². The van der Waals surface area contributed by atoms with Crippen LogP contribution in [0.15, 0.2) is 54.7 Å². The smallest absolute Gasteiger partial charge is 0.168 e. The third-order valence-corrected chi connectivity index (χ3v) is 2.88. The van der Waals surface area contributed by atoms with Crippen molar-refractivity contribution in [3.63, 3.8) is 0 Å². The third-order valence-electron chi connectivity index (χ3n) is 2.88. The molecule has 2 aromatic carbocycles. The van der Waals surface area contributed by atoms with E-state index in [9.17, 15) is 8.78 Å². The third kappa shape index (κ3) is 1.64. The SMILES string of the molecule is Fc1cccc(-c2nccc3ccccc23)c1F. The van der Waals surface area contributed by atoms with Crippen molar-refractivity contribution in [1.82, 2.24) is 4.98 Å². The molecule has 3 aromatic rings. The summed E-state index contributed by atoms with van der Waals surface area (Å²) in [5.41, 5.74) is 0.650. The van der Waals surface area contributed by atoms with Crippen molar-refractivity contribution in [3.8, 4) is 11.3 Å². The lowest BCUT2D eigenvalue weighted by Crippen LogP contribution is -1.92. The Morgan fingerprint density at radius 1 is 0.833 bits per heavy atom. The summed E-state index contributed by atoms with van der Waals surface area (Å²) in [7, 11) is 0. The summed E-state index contributed by atoms with van der Waals surface area (Å²) < 4.78 is 27.1. The maximum atomic E-state index is 13.8. The molecule has 0 amide bonds. The largest absolute Gasteiger partial charge is 0.255 e. The van der Waals surface area contributed by atoms with E-state index in [1.807, 2.05) is 30.3 Å².